The van der Waals surface area contributed by atoms with Gasteiger partial charge in [0.15, 0.2) is 5.96 Å². The predicted molar refractivity (Wildman–Crippen MR) is 91.8 cm³/mol. The summed E-state index contributed by atoms with van der Waals surface area (Å²) in [5.41, 5.74) is 2.43. The van der Waals surface area contributed by atoms with E-state index in [0.717, 1.165) is 6.54 Å². The third-order valence-electron chi connectivity index (χ3n) is 3.17. The van der Waals surface area contributed by atoms with Crippen molar-refractivity contribution in [3.63, 3.8) is 0 Å². The molecular formula is C17H26N4O. The van der Waals surface area contributed by atoms with Crippen LogP contribution in [0.2, 0.25) is 0 Å². The predicted octanol–water partition coefficient (Wildman–Crippen LogP) is 1.65. The lowest BCUT2D eigenvalue weighted by atomic mass is 10.1. The van der Waals surface area contributed by atoms with Gasteiger partial charge in [0.2, 0.25) is 5.91 Å². The lowest BCUT2D eigenvalue weighted by Crippen LogP contribution is -2.39. The van der Waals surface area contributed by atoms with Crippen LogP contribution in [0.25, 0.3) is 0 Å². The summed E-state index contributed by atoms with van der Waals surface area (Å²) in [6, 6.07) is 8.38. The highest BCUT2D eigenvalue weighted by molar-refractivity contribution is 5.84. The van der Waals surface area contributed by atoms with Crippen molar-refractivity contribution in [3.8, 4) is 0 Å². The van der Waals surface area contributed by atoms with Crippen LogP contribution in [-0.2, 0) is 11.3 Å². The van der Waals surface area contributed by atoms with Crippen LogP contribution in [0.5, 0.6) is 0 Å². The third kappa shape index (κ3) is 5.99. The summed E-state index contributed by atoms with van der Waals surface area (Å²) in [4.78, 5) is 19.6. The van der Waals surface area contributed by atoms with E-state index in [4.69, 9.17) is 0 Å². The molecule has 0 aliphatic heterocycles. The number of rotatable bonds is 6. The molecule has 1 N–H and O–H groups in total. The Morgan fingerprint density at radius 3 is 2.45 bits per heavy atom. The zero-order chi connectivity index (χ0) is 16.5. The van der Waals surface area contributed by atoms with Crippen molar-refractivity contribution in [2.45, 2.75) is 13.5 Å². The number of guanidine groups is 1. The standard InChI is InChI=1S/C17H26N4O/c1-6-11-18-17(19-12-16(22)20(3)4)21(5)13-15-9-7-14(2)8-10-15/h6-10H,1,11-13H2,2-5H3,(H,18,19). The molecule has 0 atom stereocenters. The number of amides is 1. The highest BCUT2D eigenvalue weighted by Crippen LogP contribution is 2.06. The van der Waals surface area contributed by atoms with Gasteiger partial charge >= 0.3 is 0 Å². The van der Waals surface area contributed by atoms with E-state index in [-0.39, 0.29) is 12.5 Å². The van der Waals surface area contributed by atoms with E-state index >= 15 is 0 Å². The Morgan fingerprint density at radius 2 is 1.91 bits per heavy atom. The molecule has 0 aliphatic carbocycles. The summed E-state index contributed by atoms with van der Waals surface area (Å²) >= 11 is 0. The van der Waals surface area contributed by atoms with E-state index in [2.05, 4.69) is 48.1 Å². The monoisotopic (exact) mass is 302 g/mol. The molecule has 0 radical (unpaired) electrons. The molecule has 1 aromatic carbocycles. The van der Waals surface area contributed by atoms with E-state index in [1.165, 1.54) is 16.0 Å². The lowest BCUT2D eigenvalue weighted by molar-refractivity contribution is -0.127. The molecule has 0 saturated carbocycles. The normalized spacial score (nSPS) is 11.0. The average Bonchev–Trinajstić information content (AvgIpc) is 2.49. The first-order valence-electron chi connectivity index (χ1n) is 7.30. The van der Waals surface area contributed by atoms with Gasteiger partial charge in [0.05, 0.1) is 0 Å². The van der Waals surface area contributed by atoms with Crippen molar-refractivity contribution in [1.29, 1.82) is 0 Å². The molecule has 5 heteroatoms. The first-order valence-corrected chi connectivity index (χ1v) is 7.30. The second-order valence-electron chi connectivity index (χ2n) is 5.44. The summed E-state index contributed by atoms with van der Waals surface area (Å²) in [5.74, 6) is 0.664. The lowest BCUT2D eigenvalue weighted by Gasteiger charge is -2.22. The largest absolute Gasteiger partial charge is 0.353 e. The molecule has 0 aliphatic rings. The fourth-order valence-electron chi connectivity index (χ4n) is 1.80. The second kappa shape index (κ2) is 8.87. The number of hydrogen-bond donors (Lipinski definition) is 1. The van der Waals surface area contributed by atoms with Crippen LogP contribution < -0.4 is 5.32 Å². The van der Waals surface area contributed by atoms with Gasteiger partial charge in [-0.15, -0.1) is 6.58 Å². The van der Waals surface area contributed by atoms with Crippen molar-refractivity contribution >= 4 is 11.9 Å². The van der Waals surface area contributed by atoms with Crippen LogP contribution >= 0.6 is 0 Å². The van der Waals surface area contributed by atoms with Gasteiger partial charge in [-0.25, -0.2) is 4.99 Å². The van der Waals surface area contributed by atoms with Crippen LogP contribution in [0.3, 0.4) is 0 Å². The average molecular weight is 302 g/mol. The number of carbonyl (C=O) groups is 1. The fraction of sp³-hybridized carbons (Fsp3) is 0.412. The molecule has 1 rings (SSSR count). The van der Waals surface area contributed by atoms with Gasteiger partial charge in [-0.2, -0.15) is 0 Å². The fourth-order valence-corrected chi connectivity index (χ4v) is 1.80. The number of nitrogens with one attached hydrogen (secondary N) is 1. The molecule has 0 heterocycles. The molecular weight excluding hydrogens is 276 g/mol. The number of benzene rings is 1. The maximum absolute atomic E-state index is 11.7. The maximum atomic E-state index is 11.7. The summed E-state index contributed by atoms with van der Waals surface area (Å²) in [5, 5.41) is 3.18. The molecule has 0 saturated heterocycles. The maximum Gasteiger partial charge on any atom is 0.243 e. The van der Waals surface area contributed by atoms with E-state index < -0.39 is 0 Å². The van der Waals surface area contributed by atoms with Gasteiger partial charge in [0.1, 0.15) is 6.54 Å². The Bertz CT molecular complexity index is 520. The van der Waals surface area contributed by atoms with Crippen LogP contribution in [0, 0.1) is 6.92 Å². The van der Waals surface area contributed by atoms with Crippen LogP contribution in [0.4, 0.5) is 0 Å². The Kier molecular flexibility index (Phi) is 7.16. The van der Waals surface area contributed by atoms with Gasteiger partial charge in [-0.1, -0.05) is 35.9 Å². The van der Waals surface area contributed by atoms with Crippen molar-refractivity contribution in [2.24, 2.45) is 4.99 Å². The number of nitrogens with zero attached hydrogens (tertiary/aromatic N) is 3. The first-order chi connectivity index (χ1) is 10.4. The third-order valence-corrected chi connectivity index (χ3v) is 3.17. The quantitative estimate of drug-likeness (QED) is 0.494. The molecule has 22 heavy (non-hydrogen) atoms. The summed E-state index contributed by atoms with van der Waals surface area (Å²) < 4.78 is 0. The Labute approximate surface area is 133 Å². The molecule has 5 nitrogen and oxygen atoms in total. The van der Waals surface area contributed by atoms with Crippen molar-refractivity contribution in [3.05, 3.63) is 48.0 Å². The van der Waals surface area contributed by atoms with Crippen molar-refractivity contribution in [2.75, 3.05) is 34.2 Å². The van der Waals surface area contributed by atoms with E-state index in [1.807, 2.05) is 11.9 Å². The number of carbonyl (C=O) groups excluding carboxylic acids is 1. The first kappa shape index (κ1) is 17.8. The zero-order valence-electron chi connectivity index (χ0n) is 14.0. The van der Waals surface area contributed by atoms with E-state index in [9.17, 15) is 4.79 Å². The highest BCUT2D eigenvalue weighted by Gasteiger charge is 2.09. The van der Waals surface area contributed by atoms with E-state index in [0.29, 0.717) is 12.5 Å². The highest BCUT2D eigenvalue weighted by atomic mass is 16.2. The summed E-state index contributed by atoms with van der Waals surface area (Å²) in [7, 11) is 5.41. The zero-order valence-corrected chi connectivity index (χ0v) is 14.0. The number of likely N-dealkylation sites (N-methyl/N-ethyl adjacent to an activating group) is 1. The summed E-state index contributed by atoms with van der Waals surface area (Å²) in [6.07, 6.45) is 1.77. The van der Waals surface area contributed by atoms with Crippen LogP contribution in [-0.4, -0.2) is 55.9 Å². The molecule has 0 unspecified atom stereocenters. The Hall–Kier alpha value is -2.30. The van der Waals surface area contributed by atoms with Crippen molar-refractivity contribution < 1.29 is 4.79 Å². The minimum absolute atomic E-state index is 0.0263. The minimum Gasteiger partial charge on any atom is -0.353 e. The van der Waals surface area contributed by atoms with Gasteiger partial charge in [0.25, 0.3) is 0 Å². The Morgan fingerprint density at radius 1 is 1.27 bits per heavy atom. The van der Waals surface area contributed by atoms with Gasteiger partial charge in [0, 0.05) is 34.2 Å². The number of hydrogen-bond acceptors (Lipinski definition) is 2. The number of aryl methyl sites for hydroxylation is 1. The number of aliphatic imine (C=N–C) groups is 1. The second-order valence-corrected chi connectivity index (χ2v) is 5.44. The van der Waals surface area contributed by atoms with Gasteiger partial charge in [-0.3, -0.25) is 4.79 Å². The molecule has 1 aromatic rings. The minimum atomic E-state index is -0.0263. The smallest absolute Gasteiger partial charge is 0.243 e. The van der Waals surface area contributed by atoms with Crippen LogP contribution in [0.15, 0.2) is 41.9 Å². The molecule has 0 bridgehead atoms. The summed E-state index contributed by atoms with van der Waals surface area (Å²) in [6.45, 7) is 7.22. The van der Waals surface area contributed by atoms with Gasteiger partial charge < -0.3 is 15.1 Å². The molecule has 120 valence electrons. The Balaban J connectivity index is 2.76. The van der Waals surface area contributed by atoms with Gasteiger partial charge in [-0.05, 0) is 12.5 Å². The molecule has 1 amide bonds. The molecule has 0 fully saturated rings. The van der Waals surface area contributed by atoms with E-state index in [1.54, 1.807) is 20.2 Å². The molecule has 0 spiro atoms. The molecule has 0 aromatic heterocycles. The SMILES string of the molecule is C=CCNC(=NCC(=O)N(C)C)N(C)Cc1ccc(C)cc1. The van der Waals surface area contributed by atoms with Crippen LogP contribution in [0.1, 0.15) is 11.1 Å². The van der Waals surface area contributed by atoms with Crippen molar-refractivity contribution in [1.82, 2.24) is 15.1 Å². The topological polar surface area (TPSA) is 47.9 Å².